The van der Waals surface area contributed by atoms with Crippen molar-refractivity contribution in [3.05, 3.63) is 35.1 Å². The number of halogens is 1. The summed E-state index contributed by atoms with van der Waals surface area (Å²) in [6, 6.07) is 4.44. The molecule has 0 fully saturated rings. The lowest BCUT2D eigenvalue weighted by Crippen LogP contribution is -1.95. The van der Waals surface area contributed by atoms with Crippen LogP contribution in [-0.2, 0) is 6.42 Å². The molecule has 0 N–H and O–H groups in total. The van der Waals surface area contributed by atoms with Crippen LogP contribution in [0.3, 0.4) is 0 Å². The highest BCUT2D eigenvalue weighted by Crippen LogP contribution is 2.10. The maximum Gasteiger partial charge on any atom is 0.159 e. The summed E-state index contributed by atoms with van der Waals surface area (Å²) in [5.41, 5.74) is 1.31. The molecule has 1 aromatic carbocycles. The molecular formula is C10H11FO. The van der Waals surface area contributed by atoms with Crippen molar-refractivity contribution in [1.82, 2.24) is 0 Å². The summed E-state index contributed by atoms with van der Waals surface area (Å²) in [6.45, 7) is 3.37. The highest BCUT2D eigenvalue weighted by atomic mass is 19.1. The number of carbonyl (C=O) groups excluding carboxylic acids is 1. The van der Waals surface area contributed by atoms with Gasteiger partial charge in [0.2, 0.25) is 0 Å². The van der Waals surface area contributed by atoms with Crippen LogP contribution in [-0.4, -0.2) is 5.78 Å². The molecule has 12 heavy (non-hydrogen) atoms. The van der Waals surface area contributed by atoms with Crippen molar-refractivity contribution in [2.75, 3.05) is 0 Å². The molecule has 1 nitrogen and oxygen atoms in total. The van der Waals surface area contributed by atoms with Crippen LogP contribution in [0.2, 0.25) is 0 Å². The van der Waals surface area contributed by atoms with Gasteiger partial charge in [-0.15, -0.1) is 0 Å². The molecule has 64 valence electrons. The lowest BCUT2D eigenvalue weighted by Gasteiger charge is -2.00. The molecular weight excluding hydrogens is 155 g/mol. The molecule has 0 spiro atoms. The van der Waals surface area contributed by atoms with Gasteiger partial charge in [-0.25, -0.2) is 4.39 Å². The monoisotopic (exact) mass is 166 g/mol. The first-order valence-corrected chi connectivity index (χ1v) is 3.94. The van der Waals surface area contributed by atoms with Gasteiger partial charge in [0.05, 0.1) is 0 Å². The number of ketones is 1. The van der Waals surface area contributed by atoms with Crippen molar-refractivity contribution in [2.45, 2.75) is 20.3 Å². The molecule has 0 aromatic heterocycles. The van der Waals surface area contributed by atoms with E-state index in [1.165, 1.54) is 19.1 Å². The zero-order valence-electron chi connectivity index (χ0n) is 7.23. The molecule has 0 unspecified atom stereocenters. The summed E-state index contributed by atoms with van der Waals surface area (Å²) in [5, 5.41) is 0. The predicted molar refractivity (Wildman–Crippen MR) is 45.8 cm³/mol. The van der Waals surface area contributed by atoms with Crippen LogP contribution in [0.15, 0.2) is 18.2 Å². The van der Waals surface area contributed by atoms with Crippen molar-refractivity contribution in [2.24, 2.45) is 0 Å². The molecule has 2 heteroatoms. The maximum absolute atomic E-state index is 12.8. The van der Waals surface area contributed by atoms with E-state index in [-0.39, 0.29) is 11.6 Å². The van der Waals surface area contributed by atoms with Crippen molar-refractivity contribution < 1.29 is 9.18 Å². The summed E-state index contributed by atoms with van der Waals surface area (Å²) in [5.74, 6) is -0.427. The predicted octanol–water partition coefficient (Wildman–Crippen LogP) is 2.59. The van der Waals surface area contributed by atoms with Crippen LogP contribution < -0.4 is 0 Å². The average Bonchev–Trinajstić information content (AvgIpc) is 2.03. The Bertz CT molecular complexity index is 305. The number of benzene rings is 1. The second-order valence-electron chi connectivity index (χ2n) is 2.76. The molecule has 0 heterocycles. The maximum atomic E-state index is 12.8. The molecule has 1 rings (SSSR count). The van der Waals surface area contributed by atoms with E-state index in [4.69, 9.17) is 0 Å². The number of hydrogen-bond donors (Lipinski definition) is 0. The molecule has 0 saturated heterocycles. The van der Waals surface area contributed by atoms with Gasteiger partial charge in [-0.1, -0.05) is 6.92 Å². The van der Waals surface area contributed by atoms with Gasteiger partial charge in [0.1, 0.15) is 5.82 Å². The van der Waals surface area contributed by atoms with E-state index in [1.807, 2.05) is 6.92 Å². The van der Waals surface area contributed by atoms with Gasteiger partial charge in [0.15, 0.2) is 5.78 Å². The average molecular weight is 166 g/mol. The SMILES string of the molecule is CCc1cc(F)cc(C(C)=O)c1. The van der Waals surface area contributed by atoms with Crippen LogP contribution in [0.5, 0.6) is 0 Å². The van der Waals surface area contributed by atoms with Gasteiger partial charge in [0, 0.05) is 5.56 Å². The minimum atomic E-state index is -0.334. The fraction of sp³-hybridized carbons (Fsp3) is 0.300. The number of Topliss-reactive ketones (excluding diaryl/α,β-unsaturated/α-hetero) is 1. The summed E-state index contributed by atoms with van der Waals surface area (Å²) in [6.07, 6.45) is 0.748. The van der Waals surface area contributed by atoms with Gasteiger partial charge in [-0.2, -0.15) is 0 Å². The van der Waals surface area contributed by atoms with E-state index >= 15 is 0 Å². The van der Waals surface area contributed by atoms with E-state index in [0.29, 0.717) is 5.56 Å². The van der Waals surface area contributed by atoms with E-state index in [9.17, 15) is 9.18 Å². The first-order valence-electron chi connectivity index (χ1n) is 3.94. The lowest BCUT2D eigenvalue weighted by molar-refractivity contribution is 0.101. The van der Waals surface area contributed by atoms with Crippen LogP contribution in [0, 0.1) is 5.82 Å². The summed E-state index contributed by atoms with van der Waals surface area (Å²) >= 11 is 0. The third-order valence-electron chi connectivity index (χ3n) is 1.77. The quantitative estimate of drug-likeness (QED) is 0.617. The van der Waals surface area contributed by atoms with Crippen molar-refractivity contribution in [1.29, 1.82) is 0 Å². The minimum absolute atomic E-state index is 0.0933. The second kappa shape index (κ2) is 3.48. The van der Waals surface area contributed by atoms with E-state index < -0.39 is 0 Å². The molecule has 0 radical (unpaired) electrons. The van der Waals surface area contributed by atoms with Crippen molar-refractivity contribution in [3.8, 4) is 0 Å². The van der Waals surface area contributed by atoms with Crippen LogP contribution in [0.1, 0.15) is 29.8 Å². The zero-order chi connectivity index (χ0) is 9.14. The van der Waals surface area contributed by atoms with Crippen LogP contribution in [0.25, 0.3) is 0 Å². The van der Waals surface area contributed by atoms with Gasteiger partial charge >= 0.3 is 0 Å². The lowest BCUT2D eigenvalue weighted by atomic mass is 10.1. The topological polar surface area (TPSA) is 17.1 Å². The molecule has 1 aromatic rings. The molecule has 0 aliphatic carbocycles. The second-order valence-corrected chi connectivity index (χ2v) is 2.76. The van der Waals surface area contributed by atoms with Gasteiger partial charge in [-0.05, 0) is 37.1 Å². The smallest absolute Gasteiger partial charge is 0.159 e. The largest absolute Gasteiger partial charge is 0.295 e. The Labute approximate surface area is 71.2 Å². The number of hydrogen-bond acceptors (Lipinski definition) is 1. The first-order chi connectivity index (χ1) is 5.63. The molecule has 0 aliphatic heterocycles. The summed E-state index contributed by atoms with van der Waals surface area (Å²) < 4.78 is 12.8. The van der Waals surface area contributed by atoms with Crippen LogP contribution in [0.4, 0.5) is 4.39 Å². The minimum Gasteiger partial charge on any atom is -0.295 e. The Balaban J connectivity index is 3.15. The molecule has 0 saturated carbocycles. The van der Waals surface area contributed by atoms with Gasteiger partial charge in [-0.3, -0.25) is 4.79 Å². The fourth-order valence-electron chi connectivity index (χ4n) is 1.06. The molecule has 0 atom stereocenters. The Morgan fingerprint density at radius 1 is 1.42 bits per heavy atom. The number of rotatable bonds is 2. The zero-order valence-corrected chi connectivity index (χ0v) is 7.23. The van der Waals surface area contributed by atoms with Gasteiger partial charge in [0.25, 0.3) is 0 Å². The standard InChI is InChI=1S/C10H11FO/c1-3-8-4-9(7(2)12)6-10(11)5-8/h4-6H,3H2,1-2H3. The molecule has 0 bridgehead atoms. The summed E-state index contributed by atoms with van der Waals surface area (Å²) in [7, 11) is 0. The molecule has 0 aliphatic rings. The Morgan fingerprint density at radius 3 is 2.58 bits per heavy atom. The third kappa shape index (κ3) is 1.91. The van der Waals surface area contributed by atoms with Crippen LogP contribution >= 0.6 is 0 Å². The van der Waals surface area contributed by atoms with Crippen molar-refractivity contribution >= 4 is 5.78 Å². The third-order valence-corrected chi connectivity index (χ3v) is 1.77. The van der Waals surface area contributed by atoms with Crippen molar-refractivity contribution in [3.63, 3.8) is 0 Å². The highest BCUT2D eigenvalue weighted by molar-refractivity contribution is 5.94. The van der Waals surface area contributed by atoms with Gasteiger partial charge < -0.3 is 0 Å². The highest BCUT2D eigenvalue weighted by Gasteiger charge is 2.02. The van der Waals surface area contributed by atoms with E-state index in [2.05, 4.69) is 0 Å². The summed E-state index contributed by atoms with van der Waals surface area (Å²) in [4.78, 5) is 10.9. The Morgan fingerprint density at radius 2 is 2.08 bits per heavy atom. The van der Waals surface area contributed by atoms with E-state index in [0.717, 1.165) is 12.0 Å². The number of aryl methyl sites for hydroxylation is 1. The normalized spacial score (nSPS) is 9.92. The molecule has 0 amide bonds. The Kier molecular flexibility index (Phi) is 2.58. The fourth-order valence-corrected chi connectivity index (χ4v) is 1.06. The number of carbonyl (C=O) groups is 1. The van der Waals surface area contributed by atoms with E-state index in [1.54, 1.807) is 6.07 Å². The first kappa shape index (κ1) is 8.91. The Hall–Kier alpha value is -1.18.